The van der Waals surface area contributed by atoms with E-state index in [2.05, 4.69) is 13.8 Å². The van der Waals surface area contributed by atoms with Crippen LogP contribution in [0.2, 0.25) is 0 Å². The van der Waals surface area contributed by atoms with Crippen molar-refractivity contribution in [2.24, 2.45) is 35.5 Å². The SMILES string of the molecule is CCCCC1CC2CC2C1C1CCC1C. The van der Waals surface area contributed by atoms with Crippen LogP contribution in [0.5, 0.6) is 0 Å². The summed E-state index contributed by atoms with van der Waals surface area (Å²) in [4.78, 5) is 0. The third-order valence-electron chi connectivity index (χ3n) is 5.73. The van der Waals surface area contributed by atoms with Gasteiger partial charge in [-0.15, -0.1) is 0 Å². The molecule has 6 atom stereocenters. The van der Waals surface area contributed by atoms with Gasteiger partial charge in [0.15, 0.2) is 0 Å². The smallest absolute Gasteiger partial charge is 0.0324 e. The maximum atomic E-state index is 2.50. The van der Waals surface area contributed by atoms with Crippen molar-refractivity contribution in [2.75, 3.05) is 0 Å². The number of rotatable bonds is 4. The van der Waals surface area contributed by atoms with Crippen LogP contribution in [0.3, 0.4) is 0 Å². The Bertz CT molecular complexity index is 232. The van der Waals surface area contributed by atoms with Crippen molar-refractivity contribution >= 4 is 0 Å². The van der Waals surface area contributed by atoms with Gasteiger partial charge in [0, 0.05) is 0 Å². The summed E-state index contributed by atoms with van der Waals surface area (Å²) in [6.07, 6.45) is 10.8. The van der Waals surface area contributed by atoms with E-state index in [9.17, 15) is 0 Å². The molecule has 0 aliphatic heterocycles. The molecule has 86 valence electrons. The van der Waals surface area contributed by atoms with Crippen molar-refractivity contribution in [3.63, 3.8) is 0 Å². The fraction of sp³-hybridized carbons (Fsp3) is 1.00. The molecule has 0 heteroatoms. The van der Waals surface area contributed by atoms with Crippen LogP contribution in [0.4, 0.5) is 0 Å². The Morgan fingerprint density at radius 2 is 1.93 bits per heavy atom. The third-order valence-corrected chi connectivity index (χ3v) is 5.73. The van der Waals surface area contributed by atoms with Crippen molar-refractivity contribution in [1.29, 1.82) is 0 Å². The van der Waals surface area contributed by atoms with Crippen LogP contribution in [0.1, 0.15) is 58.8 Å². The van der Waals surface area contributed by atoms with Gasteiger partial charge < -0.3 is 0 Å². The largest absolute Gasteiger partial charge is 0.0654 e. The fourth-order valence-corrected chi connectivity index (χ4v) is 4.62. The number of unbranched alkanes of at least 4 members (excludes halogenated alkanes) is 1. The van der Waals surface area contributed by atoms with Crippen molar-refractivity contribution in [1.82, 2.24) is 0 Å². The van der Waals surface area contributed by atoms with Crippen LogP contribution < -0.4 is 0 Å². The van der Waals surface area contributed by atoms with Crippen LogP contribution in [-0.4, -0.2) is 0 Å². The Kier molecular flexibility index (Phi) is 2.57. The summed E-state index contributed by atoms with van der Waals surface area (Å²) in [5, 5.41) is 0. The average molecular weight is 206 g/mol. The maximum Gasteiger partial charge on any atom is -0.0324 e. The third kappa shape index (κ3) is 1.65. The van der Waals surface area contributed by atoms with Gasteiger partial charge in [-0.1, -0.05) is 39.5 Å². The molecule has 0 N–H and O–H groups in total. The molecule has 15 heavy (non-hydrogen) atoms. The number of fused-ring (bicyclic) bond motifs is 1. The molecule has 0 nitrogen and oxygen atoms in total. The first kappa shape index (κ1) is 10.2. The summed E-state index contributed by atoms with van der Waals surface area (Å²) in [5.74, 6) is 6.90. The monoisotopic (exact) mass is 206 g/mol. The first-order valence-electron chi connectivity index (χ1n) is 7.31. The van der Waals surface area contributed by atoms with Gasteiger partial charge >= 0.3 is 0 Å². The van der Waals surface area contributed by atoms with Gasteiger partial charge in [0.2, 0.25) is 0 Å². The molecule has 3 aliphatic rings. The topological polar surface area (TPSA) is 0 Å². The highest BCUT2D eigenvalue weighted by Crippen LogP contribution is 2.64. The molecule has 6 unspecified atom stereocenters. The zero-order chi connectivity index (χ0) is 10.4. The Hall–Kier alpha value is 0. The molecule has 0 aromatic carbocycles. The Morgan fingerprint density at radius 3 is 2.53 bits per heavy atom. The lowest BCUT2D eigenvalue weighted by molar-refractivity contribution is 0.0729. The zero-order valence-corrected chi connectivity index (χ0v) is 10.4. The van der Waals surface area contributed by atoms with E-state index < -0.39 is 0 Å². The Morgan fingerprint density at radius 1 is 1.07 bits per heavy atom. The summed E-state index contributed by atoms with van der Waals surface area (Å²) in [5.41, 5.74) is 0. The highest BCUT2D eigenvalue weighted by atomic mass is 14.6. The first-order chi connectivity index (χ1) is 7.31. The van der Waals surface area contributed by atoms with Crippen LogP contribution in [0.25, 0.3) is 0 Å². The van der Waals surface area contributed by atoms with Crippen molar-refractivity contribution in [3.8, 4) is 0 Å². The number of hydrogen-bond donors (Lipinski definition) is 0. The van der Waals surface area contributed by atoms with E-state index in [-0.39, 0.29) is 0 Å². The molecular formula is C15H26. The minimum absolute atomic E-state index is 1.07. The van der Waals surface area contributed by atoms with E-state index in [1.54, 1.807) is 25.7 Å². The highest BCUT2D eigenvalue weighted by molar-refractivity contribution is 5.05. The summed E-state index contributed by atoms with van der Waals surface area (Å²) in [7, 11) is 0. The predicted molar refractivity (Wildman–Crippen MR) is 64.6 cm³/mol. The summed E-state index contributed by atoms with van der Waals surface area (Å²) in [6.45, 7) is 4.84. The minimum atomic E-state index is 1.07. The molecule has 3 saturated carbocycles. The molecule has 0 radical (unpaired) electrons. The van der Waals surface area contributed by atoms with E-state index in [1.165, 1.54) is 37.0 Å². The van der Waals surface area contributed by atoms with Crippen molar-refractivity contribution in [2.45, 2.75) is 58.8 Å². The molecule has 0 heterocycles. The fourth-order valence-electron chi connectivity index (χ4n) is 4.62. The molecule has 0 aromatic heterocycles. The summed E-state index contributed by atoms with van der Waals surface area (Å²) in [6, 6.07) is 0. The normalized spacial score (nSPS) is 52.4. The van der Waals surface area contributed by atoms with E-state index in [1.807, 2.05) is 0 Å². The van der Waals surface area contributed by atoms with Crippen molar-refractivity contribution in [3.05, 3.63) is 0 Å². The van der Waals surface area contributed by atoms with Gasteiger partial charge in [-0.05, 0) is 54.8 Å². The molecule has 3 rings (SSSR count). The lowest BCUT2D eigenvalue weighted by Gasteiger charge is -2.42. The van der Waals surface area contributed by atoms with E-state index >= 15 is 0 Å². The first-order valence-corrected chi connectivity index (χ1v) is 7.31. The van der Waals surface area contributed by atoms with Crippen LogP contribution >= 0.6 is 0 Å². The van der Waals surface area contributed by atoms with Gasteiger partial charge in [-0.2, -0.15) is 0 Å². The second kappa shape index (κ2) is 3.79. The predicted octanol–water partition coefficient (Wildman–Crippen LogP) is 4.49. The standard InChI is InChI=1S/C15H26/c1-3-4-5-11-8-12-9-14(12)15(11)13-7-6-10(13)2/h10-15H,3-9H2,1-2H3. The van der Waals surface area contributed by atoms with E-state index in [0.29, 0.717) is 0 Å². The molecule has 0 saturated heterocycles. The molecule has 3 fully saturated rings. The summed E-state index contributed by atoms with van der Waals surface area (Å²) < 4.78 is 0. The minimum Gasteiger partial charge on any atom is -0.0654 e. The second-order valence-electron chi connectivity index (χ2n) is 6.59. The van der Waals surface area contributed by atoms with Gasteiger partial charge in [0.1, 0.15) is 0 Å². The van der Waals surface area contributed by atoms with Gasteiger partial charge in [-0.25, -0.2) is 0 Å². The van der Waals surface area contributed by atoms with Gasteiger partial charge in [-0.3, -0.25) is 0 Å². The molecule has 0 bridgehead atoms. The van der Waals surface area contributed by atoms with E-state index in [0.717, 1.165) is 17.8 Å². The van der Waals surface area contributed by atoms with Crippen LogP contribution in [-0.2, 0) is 0 Å². The second-order valence-corrected chi connectivity index (χ2v) is 6.59. The van der Waals surface area contributed by atoms with Crippen LogP contribution in [0.15, 0.2) is 0 Å². The van der Waals surface area contributed by atoms with Gasteiger partial charge in [0.25, 0.3) is 0 Å². The highest BCUT2D eigenvalue weighted by Gasteiger charge is 2.56. The zero-order valence-electron chi connectivity index (χ0n) is 10.4. The molecule has 3 aliphatic carbocycles. The Labute approximate surface area is 94.8 Å². The lowest BCUT2D eigenvalue weighted by Crippen LogP contribution is -2.34. The quantitative estimate of drug-likeness (QED) is 0.635. The van der Waals surface area contributed by atoms with E-state index in [4.69, 9.17) is 0 Å². The summed E-state index contributed by atoms with van der Waals surface area (Å²) >= 11 is 0. The van der Waals surface area contributed by atoms with Crippen molar-refractivity contribution < 1.29 is 0 Å². The molecular weight excluding hydrogens is 180 g/mol. The molecule has 0 amide bonds. The lowest BCUT2D eigenvalue weighted by atomic mass is 9.63. The average Bonchev–Trinajstić information content (AvgIpc) is 2.91. The van der Waals surface area contributed by atoms with Gasteiger partial charge in [0.05, 0.1) is 0 Å². The van der Waals surface area contributed by atoms with Crippen LogP contribution in [0, 0.1) is 35.5 Å². The Balaban J connectivity index is 1.62. The molecule has 0 spiro atoms. The maximum absolute atomic E-state index is 2.50. The molecule has 0 aromatic rings. The number of hydrogen-bond acceptors (Lipinski definition) is 0.